The number of hydrogen-bond donors (Lipinski definition) is 0. The van der Waals surface area contributed by atoms with Crippen molar-refractivity contribution < 1.29 is 4.74 Å². The first kappa shape index (κ1) is 13.8. The Kier molecular flexibility index (Phi) is 3.85. The van der Waals surface area contributed by atoms with Crippen molar-refractivity contribution >= 4 is 0 Å². The molecule has 1 aromatic heterocycles. The third kappa shape index (κ3) is 2.69. The normalized spacial score (nSPS) is 10.1. The lowest BCUT2D eigenvalue weighted by molar-refractivity contribution is 0.349. The Morgan fingerprint density at radius 2 is 2.10 bits per heavy atom. The molecule has 20 heavy (non-hydrogen) atoms. The molecule has 2 aromatic rings. The fourth-order valence-electron chi connectivity index (χ4n) is 2.01. The lowest BCUT2D eigenvalue weighted by Gasteiger charge is -2.12. The quantitative estimate of drug-likeness (QED) is 0.852. The second-order valence-electron chi connectivity index (χ2n) is 4.56. The topological polar surface area (TPSA) is 67.9 Å². The van der Waals surface area contributed by atoms with Crippen molar-refractivity contribution in [3.8, 4) is 12.1 Å². The van der Waals surface area contributed by atoms with Gasteiger partial charge >= 0.3 is 0 Å². The zero-order valence-electron chi connectivity index (χ0n) is 11.7. The molecule has 0 saturated carbocycles. The average Bonchev–Trinajstić information content (AvgIpc) is 2.42. The van der Waals surface area contributed by atoms with Gasteiger partial charge in [-0.15, -0.1) is 0 Å². The van der Waals surface area contributed by atoms with Crippen molar-refractivity contribution in [2.75, 3.05) is 7.11 Å². The van der Waals surface area contributed by atoms with Gasteiger partial charge in [0.2, 0.25) is 0 Å². The maximum atomic E-state index is 12.0. The standard InChI is InChI=1S/C15H15N3O2/c1-10-6-12(8-16)4-5-13(10)9-18-14(19)7-11(2)17-15(18)20-3/h4-7H,9H2,1-3H3. The fourth-order valence-corrected chi connectivity index (χ4v) is 2.01. The Balaban J connectivity index is 2.45. The molecule has 5 nitrogen and oxygen atoms in total. The van der Waals surface area contributed by atoms with Crippen LogP contribution in [0.1, 0.15) is 22.4 Å². The van der Waals surface area contributed by atoms with Crippen LogP contribution >= 0.6 is 0 Å². The Morgan fingerprint density at radius 3 is 2.70 bits per heavy atom. The summed E-state index contributed by atoms with van der Waals surface area (Å²) in [5.74, 6) is 0. The highest BCUT2D eigenvalue weighted by Gasteiger charge is 2.09. The summed E-state index contributed by atoms with van der Waals surface area (Å²) in [6, 6.07) is 9.24. The largest absolute Gasteiger partial charge is 0.468 e. The van der Waals surface area contributed by atoms with Crippen molar-refractivity contribution in [2.24, 2.45) is 0 Å². The summed E-state index contributed by atoms with van der Waals surface area (Å²) in [5.41, 5.74) is 2.99. The molecule has 0 radical (unpaired) electrons. The first-order valence-corrected chi connectivity index (χ1v) is 6.17. The molecular formula is C15H15N3O2. The van der Waals surface area contributed by atoms with Crippen molar-refractivity contribution in [3.05, 3.63) is 57.0 Å². The average molecular weight is 269 g/mol. The van der Waals surface area contributed by atoms with E-state index in [0.29, 0.717) is 23.8 Å². The molecule has 0 aliphatic carbocycles. The van der Waals surface area contributed by atoms with Gasteiger partial charge in [0, 0.05) is 11.8 Å². The smallest absolute Gasteiger partial charge is 0.299 e. The molecule has 0 spiro atoms. The molecule has 0 N–H and O–H groups in total. The van der Waals surface area contributed by atoms with Gasteiger partial charge in [0.1, 0.15) is 0 Å². The van der Waals surface area contributed by atoms with Gasteiger partial charge in [0.25, 0.3) is 11.6 Å². The highest BCUT2D eigenvalue weighted by atomic mass is 16.5. The van der Waals surface area contributed by atoms with Crippen molar-refractivity contribution in [1.82, 2.24) is 9.55 Å². The Labute approximate surface area is 117 Å². The molecule has 1 heterocycles. The number of methoxy groups -OCH3 is 1. The van der Waals surface area contributed by atoms with Gasteiger partial charge in [-0.25, -0.2) is 4.98 Å². The fraction of sp³-hybridized carbons (Fsp3) is 0.267. The van der Waals surface area contributed by atoms with Crippen LogP contribution in [0, 0.1) is 25.2 Å². The number of hydrogen-bond acceptors (Lipinski definition) is 4. The summed E-state index contributed by atoms with van der Waals surface area (Å²) in [7, 11) is 1.49. The first-order valence-electron chi connectivity index (χ1n) is 6.17. The number of benzene rings is 1. The predicted octanol–water partition coefficient (Wildman–Crippen LogP) is 1.79. The zero-order valence-corrected chi connectivity index (χ0v) is 11.7. The second-order valence-corrected chi connectivity index (χ2v) is 4.56. The third-order valence-corrected chi connectivity index (χ3v) is 3.08. The van der Waals surface area contributed by atoms with E-state index in [2.05, 4.69) is 11.1 Å². The first-order chi connectivity index (χ1) is 9.55. The zero-order chi connectivity index (χ0) is 14.7. The van der Waals surface area contributed by atoms with E-state index >= 15 is 0 Å². The minimum atomic E-state index is -0.155. The van der Waals surface area contributed by atoms with E-state index in [1.165, 1.54) is 17.7 Å². The molecule has 0 saturated heterocycles. The monoisotopic (exact) mass is 269 g/mol. The predicted molar refractivity (Wildman–Crippen MR) is 74.8 cm³/mol. The third-order valence-electron chi connectivity index (χ3n) is 3.08. The lowest BCUT2D eigenvalue weighted by atomic mass is 10.1. The molecule has 5 heteroatoms. The summed E-state index contributed by atoms with van der Waals surface area (Å²) in [5, 5.41) is 8.86. The van der Waals surface area contributed by atoms with Crippen LogP contribution < -0.4 is 10.3 Å². The van der Waals surface area contributed by atoms with E-state index in [-0.39, 0.29) is 5.56 Å². The number of aryl methyl sites for hydroxylation is 2. The number of nitriles is 1. The van der Waals surface area contributed by atoms with Crippen molar-refractivity contribution in [1.29, 1.82) is 5.26 Å². The van der Waals surface area contributed by atoms with Gasteiger partial charge in [-0.05, 0) is 37.1 Å². The second kappa shape index (κ2) is 5.57. The lowest BCUT2D eigenvalue weighted by Crippen LogP contribution is -2.23. The van der Waals surface area contributed by atoms with Gasteiger partial charge in [0.05, 0.1) is 25.3 Å². The molecule has 0 bridgehead atoms. The van der Waals surface area contributed by atoms with Crippen LogP contribution in [-0.4, -0.2) is 16.7 Å². The maximum absolute atomic E-state index is 12.0. The van der Waals surface area contributed by atoms with E-state index in [4.69, 9.17) is 10.00 Å². The van der Waals surface area contributed by atoms with Crippen molar-refractivity contribution in [2.45, 2.75) is 20.4 Å². The summed E-state index contributed by atoms with van der Waals surface area (Å²) in [6.07, 6.45) is 0. The number of aromatic nitrogens is 2. The minimum Gasteiger partial charge on any atom is -0.468 e. The van der Waals surface area contributed by atoms with Gasteiger partial charge in [0.15, 0.2) is 0 Å². The van der Waals surface area contributed by atoms with E-state index in [0.717, 1.165) is 11.1 Å². The summed E-state index contributed by atoms with van der Waals surface area (Å²) >= 11 is 0. The molecule has 0 amide bonds. The van der Waals surface area contributed by atoms with E-state index in [1.807, 2.05) is 13.0 Å². The van der Waals surface area contributed by atoms with Gasteiger partial charge < -0.3 is 4.74 Å². The molecule has 1 aromatic carbocycles. The van der Waals surface area contributed by atoms with E-state index in [1.54, 1.807) is 19.1 Å². The Morgan fingerprint density at radius 1 is 1.35 bits per heavy atom. The summed E-state index contributed by atoms with van der Waals surface area (Å²) < 4.78 is 6.64. The van der Waals surface area contributed by atoms with Crippen LogP contribution in [0.25, 0.3) is 0 Å². The van der Waals surface area contributed by atoms with Crippen LogP contribution in [0.15, 0.2) is 29.1 Å². The number of ether oxygens (including phenoxy) is 1. The molecule has 2 rings (SSSR count). The molecule has 0 atom stereocenters. The molecule has 0 fully saturated rings. The Bertz CT molecular complexity index is 742. The maximum Gasteiger partial charge on any atom is 0.299 e. The molecule has 0 aliphatic heterocycles. The highest BCUT2D eigenvalue weighted by Crippen LogP contribution is 2.14. The van der Waals surface area contributed by atoms with E-state index < -0.39 is 0 Å². The number of nitrogens with zero attached hydrogens (tertiary/aromatic N) is 3. The molecular weight excluding hydrogens is 254 g/mol. The molecule has 0 aliphatic rings. The minimum absolute atomic E-state index is 0.155. The van der Waals surface area contributed by atoms with Crippen LogP contribution in [-0.2, 0) is 6.54 Å². The van der Waals surface area contributed by atoms with Crippen LogP contribution in [0.4, 0.5) is 0 Å². The molecule has 0 unspecified atom stereocenters. The van der Waals surface area contributed by atoms with Gasteiger partial charge in [-0.3, -0.25) is 9.36 Å². The highest BCUT2D eigenvalue weighted by molar-refractivity contribution is 5.37. The van der Waals surface area contributed by atoms with Crippen LogP contribution in [0.3, 0.4) is 0 Å². The van der Waals surface area contributed by atoms with Gasteiger partial charge in [-0.1, -0.05) is 6.07 Å². The van der Waals surface area contributed by atoms with Crippen LogP contribution in [0.2, 0.25) is 0 Å². The number of rotatable bonds is 3. The summed E-state index contributed by atoms with van der Waals surface area (Å²) in [6.45, 7) is 4.03. The van der Waals surface area contributed by atoms with Gasteiger partial charge in [-0.2, -0.15) is 5.26 Å². The Hall–Kier alpha value is -2.61. The van der Waals surface area contributed by atoms with Crippen LogP contribution in [0.5, 0.6) is 6.01 Å². The van der Waals surface area contributed by atoms with E-state index in [9.17, 15) is 4.79 Å². The summed E-state index contributed by atoms with van der Waals surface area (Å²) in [4.78, 5) is 16.2. The molecule has 102 valence electrons. The van der Waals surface area contributed by atoms with Crippen molar-refractivity contribution in [3.63, 3.8) is 0 Å². The SMILES string of the molecule is COc1nc(C)cc(=O)n1Cc1ccc(C#N)cc1C.